The summed E-state index contributed by atoms with van der Waals surface area (Å²) in [6.07, 6.45) is 1.87. The van der Waals surface area contributed by atoms with Gasteiger partial charge in [0, 0.05) is 6.54 Å². The number of benzene rings is 3. The zero-order chi connectivity index (χ0) is 22.9. The van der Waals surface area contributed by atoms with Crippen LogP contribution in [0.5, 0.6) is 11.5 Å². The Balaban J connectivity index is 1.36. The first-order valence-corrected chi connectivity index (χ1v) is 11.3. The van der Waals surface area contributed by atoms with Crippen LogP contribution < -0.4 is 14.8 Å². The van der Waals surface area contributed by atoms with E-state index in [9.17, 15) is 4.79 Å². The minimum atomic E-state index is -0.246. The fourth-order valence-electron chi connectivity index (χ4n) is 3.75. The van der Waals surface area contributed by atoms with Crippen LogP contribution in [0.4, 0.5) is 0 Å². The predicted molar refractivity (Wildman–Crippen MR) is 129 cm³/mol. The van der Waals surface area contributed by atoms with E-state index in [0.29, 0.717) is 12.4 Å². The largest absolute Gasteiger partial charge is 0.494 e. The van der Waals surface area contributed by atoms with Crippen molar-refractivity contribution in [1.29, 1.82) is 0 Å². The third-order valence-electron chi connectivity index (χ3n) is 5.35. The maximum absolute atomic E-state index is 12.5. The van der Waals surface area contributed by atoms with Crippen LogP contribution >= 0.6 is 0 Å². The van der Waals surface area contributed by atoms with Gasteiger partial charge in [0.2, 0.25) is 0 Å². The van der Waals surface area contributed by atoms with E-state index in [-0.39, 0.29) is 18.6 Å². The summed E-state index contributed by atoms with van der Waals surface area (Å²) in [5.74, 6) is 2.22. The van der Waals surface area contributed by atoms with E-state index in [1.54, 1.807) is 0 Å². The smallest absolute Gasteiger partial charge is 0.258 e. The SMILES string of the molecule is CC(NC(=O)COc1ccccc1)c1nc2ccccc2n1CCCCOc1ccccc1. The van der Waals surface area contributed by atoms with Crippen molar-refractivity contribution in [3.05, 3.63) is 90.8 Å². The number of hydrogen-bond acceptors (Lipinski definition) is 4. The van der Waals surface area contributed by atoms with Gasteiger partial charge < -0.3 is 19.4 Å². The van der Waals surface area contributed by atoms with Crippen molar-refractivity contribution in [2.45, 2.75) is 32.4 Å². The second-order valence-electron chi connectivity index (χ2n) is 7.87. The monoisotopic (exact) mass is 443 g/mol. The molecule has 0 spiro atoms. The third kappa shape index (κ3) is 6.13. The van der Waals surface area contributed by atoms with Gasteiger partial charge in [-0.05, 0) is 56.2 Å². The molecule has 0 saturated carbocycles. The van der Waals surface area contributed by atoms with Crippen LogP contribution in [0.15, 0.2) is 84.9 Å². The lowest BCUT2D eigenvalue weighted by Gasteiger charge is -2.17. The highest BCUT2D eigenvalue weighted by molar-refractivity contribution is 5.79. The Labute approximate surface area is 194 Å². The summed E-state index contributed by atoms with van der Waals surface area (Å²) in [4.78, 5) is 17.3. The zero-order valence-corrected chi connectivity index (χ0v) is 18.8. The molecule has 1 heterocycles. The van der Waals surface area contributed by atoms with Gasteiger partial charge in [0.25, 0.3) is 5.91 Å². The molecule has 0 bridgehead atoms. The Morgan fingerprint density at radius 3 is 2.24 bits per heavy atom. The summed E-state index contributed by atoms with van der Waals surface area (Å²) in [5, 5.41) is 3.02. The van der Waals surface area contributed by atoms with Gasteiger partial charge in [0.15, 0.2) is 6.61 Å². The number of para-hydroxylation sites is 4. The number of aryl methyl sites for hydroxylation is 1. The van der Waals surface area contributed by atoms with Gasteiger partial charge in [-0.15, -0.1) is 0 Å². The molecule has 1 unspecified atom stereocenters. The van der Waals surface area contributed by atoms with Gasteiger partial charge in [-0.25, -0.2) is 4.98 Å². The molecule has 3 aromatic carbocycles. The zero-order valence-electron chi connectivity index (χ0n) is 18.8. The maximum Gasteiger partial charge on any atom is 0.258 e. The molecule has 0 aliphatic heterocycles. The molecule has 1 aromatic heterocycles. The number of rotatable bonds is 11. The van der Waals surface area contributed by atoms with E-state index >= 15 is 0 Å². The molecule has 6 heteroatoms. The maximum atomic E-state index is 12.5. The number of imidazole rings is 1. The van der Waals surface area contributed by atoms with E-state index in [1.807, 2.05) is 85.8 Å². The van der Waals surface area contributed by atoms with Crippen LogP contribution in [0.3, 0.4) is 0 Å². The van der Waals surface area contributed by atoms with Crippen molar-refractivity contribution < 1.29 is 14.3 Å². The molecular formula is C27H29N3O3. The van der Waals surface area contributed by atoms with Crippen molar-refractivity contribution in [3.8, 4) is 11.5 Å². The first-order valence-electron chi connectivity index (χ1n) is 11.3. The number of nitrogens with one attached hydrogen (secondary N) is 1. The van der Waals surface area contributed by atoms with Gasteiger partial charge >= 0.3 is 0 Å². The third-order valence-corrected chi connectivity index (χ3v) is 5.35. The number of unbranched alkanes of at least 4 members (excludes halogenated alkanes) is 1. The summed E-state index contributed by atoms with van der Waals surface area (Å²) in [5.41, 5.74) is 1.99. The van der Waals surface area contributed by atoms with Crippen LogP contribution in [0.2, 0.25) is 0 Å². The average molecular weight is 444 g/mol. The summed E-state index contributed by atoms with van der Waals surface area (Å²) in [7, 11) is 0. The number of carbonyl (C=O) groups excluding carboxylic acids is 1. The summed E-state index contributed by atoms with van der Waals surface area (Å²) >= 11 is 0. The number of aromatic nitrogens is 2. The van der Waals surface area contributed by atoms with Gasteiger partial charge in [-0.3, -0.25) is 4.79 Å². The second-order valence-corrected chi connectivity index (χ2v) is 7.87. The summed E-state index contributed by atoms with van der Waals surface area (Å²) < 4.78 is 13.6. The van der Waals surface area contributed by atoms with E-state index in [4.69, 9.17) is 14.5 Å². The molecule has 0 aliphatic carbocycles. The highest BCUT2D eigenvalue weighted by atomic mass is 16.5. The Morgan fingerprint density at radius 2 is 1.52 bits per heavy atom. The van der Waals surface area contributed by atoms with Crippen LogP contribution in [-0.4, -0.2) is 28.7 Å². The van der Waals surface area contributed by atoms with E-state index in [1.165, 1.54) is 0 Å². The van der Waals surface area contributed by atoms with Crippen LogP contribution in [-0.2, 0) is 11.3 Å². The lowest BCUT2D eigenvalue weighted by Crippen LogP contribution is -2.32. The second kappa shape index (κ2) is 11.2. The van der Waals surface area contributed by atoms with Crippen molar-refractivity contribution in [1.82, 2.24) is 14.9 Å². The molecule has 0 radical (unpaired) electrons. The molecule has 1 N–H and O–H groups in total. The van der Waals surface area contributed by atoms with Gasteiger partial charge in [-0.2, -0.15) is 0 Å². The Bertz CT molecular complexity index is 1160. The molecule has 1 amide bonds. The van der Waals surface area contributed by atoms with Crippen molar-refractivity contribution in [2.75, 3.05) is 13.2 Å². The van der Waals surface area contributed by atoms with E-state index < -0.39 is 0 Å². The fraction of sp³-hybridized carbons (Fsp3) is 0.259. The topological polar surface area (TPSA) is 65.4 Å². The number of hydrogen-bond donors (Lipinski definition) is 1. The van der Waals surface area contributed by atoms with Crippen LogP contribution in [0.25, 0.3) is 11.0 Å². The standard InChI is InChI=1S/C27H29N3O3/c1-21(28-26(31)20-33-23-14-6-3-7-15-23)27-29-24-16-8-9-17-25(24)30(27)18-10-11-19-32-22-12-4-2-5-13-22/h2-9,12-17,21H,10-11,18-20H2,1H3,(H,28,31). The van der Waals surface area contributed by atoms with Gasteiger partial charge in [0.05, 0.1) is 23.7 Å². The number of fused-ring (bicyclic) bond motifs is 1. The minimum absolute atomic E-state index is 0.0363. The normalized spacial score (nSPS) is 11.8. The van der Waals surface area contributed by atoms with Crippen molar-refractivity contribution >= 4 is 16.9 Å². The lowest BCUT2D eigenvalue weighted by molar-refractivity contribution is -0.123. The molecule has 4 rings (SSSR count). The number of ether oxygens (including phenoxy) is 2. The lowest BCUT2D eigenvalue weighted by atomic mass is 10.2. The first-order chi connectivity index (χ1) is 16.2. The highest BCUT2D eigenvalue weighted by Gasteiger charge is 2.18. The molecule has 0 fully saturated rings. The van der Waals surface area contributed by atoms with Crippen LogP contribution in [0.1, 0.15) is 31.6 Å². The van der Waals surface area contributed by atoms with Crippen LogP contribution in [0, 0.1) is 0 Å². The molecular weight excluding hydrogens is 414 g/mol. The summed E-state index contributed by atoms with van der Waals surface area (Å²) in [6.45, 7) is 3.38. The van der Waals surface area contributed by atoms with Crippen molar-refractivity contribution in [3.63, 3.8) is 0 Å². The highest BCUT2D eigenvalue weighted by Crippen LogP contribution is 2.22. The molecule has 0 saturated heterocycles. The summed E-state index contributed by atoms with van der Waals surface area (Å²) in [6, 6.07) is 27.0. The molecule has 6 nitrogen and oxygen atoms in total. The molecule has 1 atom stereocenters. The quantitative estimate of drug-likeness (QED) is 0.326. The average Bonchev–Trinajstić information content (AvgIpc) is 3.23. The minimum Gasteiger partial charge on any atom is -0.494 e. The molecule has 33 heavy (non-hydrogen) atoms. The first kappa shape index (κ1) is 22.4. The van der Waals surface area contributed by atoms with Gasteiger partial charge in [0.1, 0.15) is 17.3 Å². The molecule has 170 valence electrons. The molecule has 4 aromatic rings. The predicted octanol–water partition coefficient (Wildman–Crippen LogP) is 5.15. The van der Waals surface area contributed by atoms with E-state index in [2.05, 4.69) is 16.0 Å². The molecule has 0 aliphatic rings. The van der Waals surface area contributed by atoms with Crippen molar-refractivity contribution in [2.24, 2.45) is 0 Å². The number of carbonyl (C=O) groups is 1. The Hall–Kier alpha value is -3.80. The number of amides is 1. The fourth-order valence-corrected chi connectivity index (χ4v) is 3.75. The van der Waals surface area contributed by atoms with Gasteiger partial charge in [-0.1, -0.05) is 48.5 Å². The van der Waals surface area contributed by atoms with E-state index in [0.717, 1.165) is 42.0 Å². The Morgan fingerprint density at radius 1 is 0.879 bits per heavy atom. The number of nitrogens with zero attached hydrogens (tertiary/aromatic N) is 2. The Kier molecular flexibility index (Phi) is 7.59.